The van der Waals surface area contributed by atoms with Gasteiger partial charge >= 0.3 is 19.8 Å². The first-order chi connectivity index (χ1) is 49.8. The molecule has 0 heterocycles. The average molecular weight is 1410 g/mol. The van der Waals surface area contributed by atoms with Gasteiger partial charge in [-0.2, -0.15) is 0 Å². The molecule has 0 aromatic rings. The van der Waals surface area contributed by atoms with Crippen molar-refractivity contribution in [1.29, 1.82) is 0 Å². The summed E-state index contributed by atoms with van der Waals surface area (Å²) in [5.74, 6) is -0.867. The predicted octanol–water partition coefficient (Wildman–Crippen LogP) is 26.9. The van der Waals surface area contributed by atoms with Crippen LogP contribution in [0.4, 0.5) is 0 Å². The zero-order valence-electron chi connectivity index (χ0n) is 63.3. The van der Waals surface area contributed by atoms with Gasteiger partial charge in [-0.3, -0.25) is 18.6 Å². The first-order valence-electron chi connectivity index (χ1n) is 39.2. The second-order valence-corrected chi connectivity index (χ2v) is 26.2. The van der Waals surface area contributed by atoms with E-state index in [1.807, 2.05) is 0 Å². The molecule has 0 fully saturated rings. The smallest absolute Gasteiger partial charge is 0.462 e. The lowest BCUT2D eigenvalue weighted by molar-refractivity contribution is -0.161. The molecule has 9 nitrogen and oxygen atoms in total. The highest BCUT2D eigenvalue weighted by atomic mass is 31.2. The number of allylic oxidation sites excluding steroid dienone is 42. The van der Waals surface area contributed by atoms with Crippen LogP contribution in [0.3, 0.4) is 0 Å². The van der Waals surface area contributed by atoms with Gasteiger partial charge in [0.1, 0.15) is 6.61 Å². The van der Waals surface area contributed by atoms with Crippen LogP contribution in [0, 0.1) is 0 Å². The molecule has 0 amide bonds. The van der Waals surface area contributed by atoms with Crippen LogP contribution in [-0.2, 0) is 32.7 Å². The number of phosphoric ester groups is 1. The Morgan fingerprint density at radius 1 is 0.297 bits per heavy atom. The van der Waals surface area contributed by atoms with Crippen molar-refractivity contribution in [2.24, 2.45) is 5.73 Å². The average Bonchev–Trinajstić information content (AvgIpc) is 1.04. The Balaban J connectivity index is 4.02. The minimum atomic E-state index is -4.42. The number of nitrogens with two attached hydrogens (primary N) is 1. The molecule has 10 heteroatoms. The van der Waals surface area contributed by atoms with Gasteiger partial charge in [0.15, 0.2) is 6.10 Å². The maximum absolute atomic E-state index is 12.8. The zero-order chi connectivity index (χ0) is 72.9. The number of unbranched alkanes of at least 4 members (excludes halogenated alkanes) is 15. The summed E-state index contributed by atoms with van der Waals surface area (Å²) in [7, 11) is -4.42. The quantitative estimate of drug-likeness (QED) is 0.0264. The highest BCUT2D eigenvalue weighted by Crippen LogP contribution is 2.43. The number of rotatable bonds is 70. The number of carbonyl (C=O) groups excluding carboxylic acids is 2. The van der Waals surface area contributed by atoms with Crippen molar-refractivity contribution in [2.45, 2.75) is 277 Å². The maximum Gasteiger partial charge on any atom is 0.472 e. The van der Waals surface area contributed by atoms with Crippen LogP contribution in [0.15, 0.2) is 255 Å². The fourth-order valence-corrected chi connectivity index (χ4v) is 10.5. The van der Waals surface area contributed by atoms with Crippen LogP contribution in [0.1, 0.15) is 271 Å². The highest BCUT2D eigenvalue weighted by Gasteiger charge is 2.26. The minimum absolute atomic E-state index is 0.0371. The van der Waals surface area contributed by atoms with Crippen molar-refractivity contribution in [1.82, 2.24) is 0 Å². The van der Waals surface area contributed by atoms with Crippen LogP contribution >= 0.6 is 7.82 Å². The zero-order valence-corrected chi connectivity index (χ0v) is 64.2. The first-order valence-corrected chi connectivity index (χ1v) is 40.7. The lowest BCUT2D eigenvalue weighted by atomic mass is 10.1. The fourth-order valence-electron chi connectivity index (χ4n) is 9.73. The van der Waals surface area contributed by atoms with Crippen LogP contribution in [0.25, 0.3) is 0 Å². The molecule has 2 atom stereocenters. The van der Waals surface area contributed by atoms with Gasteiger partial charge in [-0.05, 0) is 173 Å². The topological polar surface area (TPSA) is 134 Å². The second kappa shape index (κ2) is 82.5. The van der Waals surface area contributed by atoms with E-state index < -0.39 is 32.5 Å². The van der Waals surface area contributed by atoms with Gasteiger partial charge in [0, 0.05) is 19.4 Å². The van der Waals surface area contributed by atoms with E-state index in [1.54, 1.807) is 0 Å². The molecule has 3 N–H and O–H groups in total. The largest absolute Gasteiger partial charge is 0.472 e. The SMILES string of the molecule is CC/C=C\C/C=C\C/C=C\C/C=C\C/C=C\C/C=C\C/C=C\C/C=C\C/C=C\C/C=C\C/C=C\CCCCCCCCCC(=O)OC(COC(=O)CCCCCCCCCC/C=C\C/C=C\C/C=C\C/C=C\C/C=C\C/C=C\C/C=C\C/C=C\C/C=C\C/C=C\CC)COP(=O)(O)OCCN. The Morgan fingerprint density at radius 2 is 0.515 bits per heavy atom. The molecule has 0 spiro atoms. The summed E-state index contributed by atoms with van der Waals surface area (Å²) in [4.78, 5) is 35.5. The van der Waals surface area contributed by atoms with E-state index in [2.05, 4.69) is 269 Å². The Kier molecular flexibility index (Phi) is 77.2. The molecule has 0 radical (unpaired) electrons. The van der Waals surface area contributed by atoms with Crippen LogP contribution in [0.2, 0.25) is 0 Å². The Bertz CT molecular complexity index is 2620. The van der Waals surface area contributed by atoms with Crippen LogP contribution < -0.4 is 5.73 Å². The molecule has 0 aromatic carbocycles. The first kappa shape index (κ1) is 94.6. The fraction of sp³-hybridized carbons (Fsp3) is 0.516. The van der Waals surface area contributed by atoms with Crippen molar-refractivity contribution in [3.63, 3.8) is 0 Å². The van der Waals surface area contributed by atoms with E-state index in [-0.39, 0.29) is 32.6 Å². The molecule has 0 bridgehead atoms. The number of phosphoric acid groups is 1. The molecule has 0 saturated heterocycles. The monoisotopic (exact) mass is 1410 g/mol. The Morgan fingerprint density at radius 3 is 0.762 bits per heavy atom. The third-order valence-corrected chi connectivity index (χ3v) is 16.4. The van der Waals surface area contributed by atoms with Crippen molar-refractivity contribution >= 4 is 19.8 Å². The maximum atomic E-state index is 12.8. The molecule has 101 heavy (non-hydrogen) atoms. The summed E-state index contributed by atoms with van der Waals surface area (Å²) in [5, 5.41) is 0. The Labute approximate surface area is 618 Å². The molecular formula is C91H140NO8P. The van der Waals surface area contributed by atoms with Crippen LogP contribution in [0.5, 0.6) is 0 Å². The minimum Gasteiger partial charge on any atom is -0.462 e. The van der Waals surface area contributed by atoms with Gasteiger partial charge in [0.25, 0.3) is 0 Å². The van der Waals surface area contributed by atoms with E-state index in [9.17, 15) is 19.0 Å². The summed E-state index contributed by atoms with van der Waals surface area (Å²) in [6.45, 7) is 3.47. The summed E-state index contributed by atoms with van der Waals surface area (Å²) >= 11 is 0. The standard InChI is InChI=1S/C91H140NO8P/c1-3-5-7-9-11-13-15-17-19-21-23-25-27-29-31-33-35-37-39-41-43-44-46-48-50-52-54-56-58-60-62-64-66-68-70-72-74-76-78-80-82-84-91(94)100-89(88-99-101(95,96)98-86-85-92)87-97-90(93)83-81-79-77-75-73-71-69-67-65-63-61-59-57-55-53-51-49-47-45-42-40-38-36-34-32-30-28-26-24-22-20-18-16-14-12-10-8-6-4-2/h5-8,11-14,17-20,23-26,29-32,35-38,41-43,45-46,48-49,51-52,54-55,57-58,60-61,63-64,66,89H,3-4,9-10,15-16,21-22,27-28,33-34,39-40,44,47,50,53,56,59,62,65,67-88,92H2,1-2H3,(H,95,96)/b7-5-,8-6-,13-11-,14-12-,19-17-,20-18-,25-23-,26-24-,31-29-,32-30-,37-35-,38-36-,43-41-,45-42-,48-46-,51-49-,54-52-,57-55-,60-58-,63-61-,66-64-. The molecule has 2 unspecified atom stereocenters. The molecule has 0 aliphatic rings. The van der Waals surface area contributed by atoms with Gasteiger partial charge < -0.3 is 20.1 Å². The number of hydrogen-bond acceptors (Lipinski definition) is 8. The summed E-state index contributed by atoms with van der Waals surface area (Å²) in [5.41, 5.74) is 5.41. The van der Waals surface area contributed by atoms with E-state index in [1.165, 1.54) is 38.5 Å². The summed E-state index contributed by atoms with van der Waals surface area (Å²) < 4.78 is 33.2. The second-order valence-electron chi connectivity index (χ2n) is 24.8. The van der Waals surface area contributed by atoms with Gasteiger partial charge in [-0.15, -0.1) is 0 Å². The van der Waals surface area contributed by atoms with Gasteiger partial charge in [0.2, 0.25) is 0 Å². The number of hydrogen-bond donors (Lipinski definition) is 2. The van der Waals surface area contributed by atoms with Crippen molar-refractivity contribution in [3.8, 4) is 0 Å². The number of carbonyl (C=O) groups is 2. The van der Waals surface area contributed by atoms with E-state index in [0.717, 1.165) is 193 Å². The van der Waals surface area contributed by atoms with Gasteiger partial charge in [0.05, 0.1) is 13.2 Å². The molecule has 0 aromatic heterocycles. The van der Waals surface area contributed by atoms with E-state index >= 15 is 0 Å². The van der Waals surface area contributed by atoms with E-state index in [0.29, 0.717) is 12.8 Å². The number of ether oxygens (including phenoxy) is 2. The van der Waals surface area contributed by atoms with Gasteiger partial charge in [-0.25, -0.2) is 4.57 Å². The van der Waals surface area contributed by atoms with Crippen molar-refractivity contribution < 1.29 is 37.6 Å². The summed E-state index contributed by atoms with van der Waals surface area (Å²) in [6.07, 6.45) is 132. The van der Waals surface area contributed by atoms with E-state index in [4.69, 9.17) is 24.3 Å². The lowest BCUT2D eigenvalue weighted by Crippen LogP contribution is -2.29. The third-order valence-electron chi connectivity index (χ3n) is 15.4. The van der Waals surface area contributed by atoms with Crippen molar-refractivity contribution in [3.05, 3.63) is 255 Å². The highest BCUT2D eigenvalue weighted by molar-refractivity contribution is 7.47. The summed E-state index contributed by atoms with van der Waals surface area (Å²) in [6, 6.07) is 0. The Hall–Kier alpha value is -6.45. The van der Waals surface area contributed by atoms with Gasteiger partial charge in [-0.1, -0.05) is 340 Å². The predicted molar refractivity (Wildman–Crippen MR) is 440 cm³/mol. The molecule has 562 valence electrons. The molecule has 0 saturated carbocycles. The molecular weight excluding hydrogens is 1270 g/mol. The normalized spacial score (nSPS) is 14.3. The molecule has 0 aliphatic carbocycles. The molecule has 0 aliphatic heterocycles. The number of esters is 2. The third kappa shape index (κ3) is 82.4. The van der Waals surface area contributed by atoms with Crippen LogP contribution in [-0.4, -0.2) is 49.3 Å². The lowest BCUT2D eigenvalue weighted by Gasteiger charge is -2.19. The molecule has 0 rings (SSSR count). The van der Waals surface area contributed by atoms with Crippen molar-refractivity contribution in [2.75, 3.05) is 26.4 Å².